The van der Waals surface area contributed by atoms with E-state index >= 15 is 0 Å². The van der Waals surface area contributed by atoms with E-state index in [9.17, 15) is 4.79 Å². The van der Waals surface area contributed by atoms with Crippen molar-refractivity contribution in [2.45, 2.75) is 25.7 Å². The highest BCUT2D eigenvalue weighted by Crippen LogP contribution is 2.41. The lowest BCUT2D eigenvalue weighted by molar-refractivity contribution is 0.0962. The number of benzene rings is 2. The number of hydrogen-bond acceptors (Lipinski definition) is 6. The molecule has 0 radical (unpaired) electrons. The van der Waals surface area contributed by atoms with Crippen LogP contribution in [-0.2, 0) is 6.42 Å². The van der Waals surface area contributed by atoms with Gasteiger partial charge in [-0.3, -0.25) is 4.79 Å². The third-order valence-electron chi connectivity index (χ3n) is 5.43. The maximum Gasteiger partial charge on any atom is 0.220 e. The van der Waals surface area contributed by atoms with Gasteiger partial charge in [0.05, 0.1) is 31.2 Å². The van der Waals surface area contributed by atoms with Gasteiger partial charge in [-0.15, -0.1) is 0 Å². The maximum absolute atomic E-state index is 12.9. The highest BCUT2D eigenvalue weighted by molar-refractivity contribution is 6.00. The van der Waals surface area contributed by atoms with Gasteiger partial charge >= 0.3 is 0 Å². The van der Waals surface area contributed by atoms with Crippen LogP contribution in [0.5, 0.6) is 11.5 Å². The van der Waals surface area contributed by atoms with E-state index in [0.717, 1.165) is 33.9 Å². The van der Waals surface area contributed by atoms with Crippen molar-refractivity contribution in [3.05, 3.63) is 65.0 Å². The monoisotopic (exact) mass is 389 g/mol. The average molecular weight is 389 g/mol. The lowest BCUT2D eigenvalue weighted by Gasteiger charge is -2.26. The molecule has 0 aliphatic heterocycles. The molecule has 4 rings (SSSR count). The number of rotatable bonds is 4. The molecule has 3 aromatic rings. The normalized spacial score (nSPS) is 15.7. The van der Waals surface area contributed by atoms with Crippen LogP contribution in [-0.4, -0.2) is 30.0 Å². The number of anilines is 1. The van der Waals surface area contributed by atoms with Crippen molar-refractivity contribution in [3.63, 3.8) is 0 Å². The van der Waals surface area contributed by atoms with E-state index in [-0.39, 0.29) is 17.6 Å². The topological polar surface area (TPSA) is 87.3 Å². The Kier molecular flexibility index (Phi) is 4.92. The molecular weight excluding hydrogens is 366 g/mol. The van der Waals surface area contributed by atoms with Gasteiger partial charge < -0.3 is 15.2 Å². The Morgan fingerprint density at radius 2 is 1.79 bits per heavy atom. The van der Waals surface area contributed by atoms with Crippen LogP contribution in [0.4, 0.5) is 5.95 Å². The molecule has 1 unspecified atom stereocenters. The van der Waals surface area contributed by atoms with Gasteiger partial charge in [0.25, 0.3) is 0 Å². The van der Waals surface area contributed by atoms with E-state index in [1.807, 2.05) is 37.3 Å². The summed E-state index contributed by atoms with van der Waals surface area (Å²) in [7, 11) is 3.27. The summed E-state index contributed by atoms with van der Waals surface area (Å²) in [6.45, 7) is 1.81. The fraction of sp³-hybridized carbons (Fsp3) is 0.261. The number of carbonyl (C=O) groups excluding carboxylic acids is 1. The molecule has 0 fully saturated rings. The number of aromatic nitrogens is 2. The number of hydrogen-bond donors (Lipinski definition) is 1. The van der Waals surface area contributed by atoms with Crippen molar-refractivity contribution < 1.29 is 14.3 Å². The molecule has 1 aliphatic rings. The third-order valence-corrected chi connectivity index (χ3v) is 5.43. The average Bonchev–Trinajstić information content (AvgIpc) is 2.72. The van der Waals surface area contributed by atoms with Crippen LogP contribution in [0.15, 0.2) is 42.5 Å². The van der Waals surface area contributed by atoms with Crippen LogP contribution in [0.2, 0.25) is 0 Å². The van der Waals surface area contributed by atoms with Crippen molar-refractivity contribution in [1.82, 2.24) is 9.97 Å². The predicted octanol–water partition coefficient (Wildman–Crippen LogP) is 3.96. The lowest BCUT2D eigenvalue weighted by atomic mass is 9.78. The van der Waals surface area contributed by atoms with Crippen molar-refractivity contribution in [2.75, 3.05) is 20.0 Å². The van der Waals surface area contributed by atoms with Gasteiger partial charge in [-0.25, -0.2) is 9.97 Å². The second-order valence-electron chi connectivity index (χ2n) is 7.17. The first-order valence-corrected chi connectivity index (χ1v) is 9.49. The number of ether oxygens (including phenoxy) is 2. The summed E-state index contributed by atoms with van der Waals surface area (Å²) in [6.07, 6.45) is 1.06. The molecule has 2 N–H and O–H groups in total. The SMILES string of the molecule is COc1ccc(-c2ccccc2C2CC(=O)c3c(C)nc(N)nc3C2)c(OC)c1. The molecule has 6 nitrogen and oxygen atoms in total. The number of carbonyl (C=O) groups is 1. The number of nitrogen functional groups attached to an aromatic ring is 1. The van der Waals surface area contributed by atoms with E-state index in [1.54, 1.807) is 14.2 Å². The van der Waals surface area contributed by atoms with Gasteiger partial charge in [0, 0.05) is 18.1 Å². The van der Waals surface area contributed by atoms with E-state index in [4.69, 9.17) is 15.2 Å². The summed E-state index contributed by atoms with van der Waals surface area (Å²) in [5.41, 5.74) is 10.9. The predicted molar refractivity (Wildman–Crippen MR) is 112 cm³/mol. The van der Waals surface area contributed by atoms with Gasteiger partial charge in [-0.05, 0) is 42.5 Å². The number of aryl methyl sites for hydroxylation is 1. The van der Waals surface area contributed by atoms with Crippen LogP contribution >= 0.6 is 0 Å². The molecule has 1 aromatic heterocycles. The van der Waals surface area contributed by atoms with Gasteiger partial charge in [-0.2, -0.15) is 0 Å². The largest absolute Gasteiger partial charge is 0.497 e. The van der Waals surface area contributed by atoms with E-state index in [2.05, 4.69) is 22.1 Å². The fourth-order valence-electron chi connectivity index (χ4n) is 4.14. The van der Waals surface area contributed by atoms with Crippen LogP contribution in [0, 0.1) is 6.92 Å². The molecule has 6 heteroatoms. The second-order valence-corrected chi connectivity index (χ2v) is 7.17. The molecule has 0 amide bonds. The summed E-state index contributed by atoms with van der Waals surface area (Å²) < 4.78 is 10.9. The summed E-state index contributed by atoms with van der Waals surface area (Å²) in [5, 5.41) is 0. The summed E-state index contributed by atoms with van der Waals surface area (Å²) in [5.74, 6) is 1.73. The molecule has 0 saturated heterocycles. The molecule has 148 valence electrons. The van der Waals surface area contributed by atoms with Crippen LogP contribution in [0.1, 0.15) is 39.6 Å². The van der Waals surface area contributed by atoms with Gasteiger partial charge in [-0.1, -0.05) is 24.3 Å². The number of nitrogens with zero attached hydrogens (tertiary/aromatic N) is 2. The van der Waals surface area contributed by atoms with Crippen LogP contribution in [0.3, 0.4) is 0 Å². The molecule has 0 saturated carbocycles. The minimum Gasteiger partial charge on any atom is -0.497 e. The molecule has 29 heavy (non-hydrogen) atoms. The quantitative estimate of drug-likeness (QED) is 0.727. The summed E-state index contributed by atoms with van der Waals surface area (Å²) in [6, 6.07) is 13.9. The maximum atomic E-state index is 12.9. The lowest BCUT2D eigenvalue weighted by Crippen LogP contribution is -2.23. The Morgan fingerprint density at radius 3 is 2.55 bits per heavy atom. The molecule has 0 spiro atoms. The minimum absolute atomic E-state index is 0.00621. The summed E-state index contributed by atoms with van der Waals surface area (Å²) >= 11 is 0. The Bertz CT molecular complexity index is 1090. The standard InChI is InChI=1S/C23H23N3O3/c1-13-22-19(26-23(24)25-13)10-14(11-20(22)27)16-6-4-5-7-17(16)18-9-8-15(28-2)12-21(18)29-3/h4-9,12,14H,10-11H2,1-3H3,(H2,24,25,26). The van der Waals surface area contributed by atoms with Gasteiger partial charge in [0.1, 0.15) is 11.5 Å². The van der Waals surface area contributed by atoms with Crippen LogP contribution in [0.25, 0.3) is 11.1 Å². The molecule has 1 heterocycles. The van der Waals surface area contributed by atoms with Gasteiger partial charge in [0.2, 0.25) is 5.95 Å². The Morgan fingerprint density at radius 1 is 1.00 bits per heavy atom. The van der Waals surface area contributed by atoms with Gasteiger partial charge in [0.15, 0.2) is 5.78 Å². The molecular formula is C23H23N3O3. The molecule has 2 aromatic carbocycles. The van der Waals surface area contributed by atoms with E-state index in [1.165, 1.54) is 0 Å². The Balaban J connectivity index is 1.80. The summed E-state index contributed by atoms with van der Waals surface area (Å²) in [4.78, 5) is 21.4. The highest BCUT2D eigenvalue weighted by atomic mass is 16.5. The zero-order chi connectivity index (χ0) is 20.5. The zero-order valence-electron chi connectivity index (χ0n) is 16.7. The first kappa shape index (κ1) is 18.9. The first-order chi connectivity index (χ1) is 14.0. The van der Waals surface area contributed by atoms with Crippen LogP contribution < -0.4 is 15.2 Å². The fourth-order valence-corrected chi connectivity index (χ4v) is 4.14. The molecule has 1 atom stereocenters. The second kappa shape index (κ2) is 7.54. The Hall–Kier alpha value is -3.41. The number of methoxy groups -OCH3 is 2. The smallest absolute Gasteiger partial charge is 0.220 e. The van der Waals surface area contributed by atoms with Crippen molar-refractivity contribution in [2.24, 2.45) is 0 Å². The van der Waals surface area contributed by atoms with Crippen molar-refractivity contribution >= 4 is 11.7 Å². The molecule has 0 bridgehead atoms. The number of nitrogens with two attached hydrogens (primary N) is 1. The molecule has 1 aliphatic carbocycles. The zero-order valence-corrected chi connectivity index (χ0v) is 16.7. The first-order valence-electron chi connectivity index (χ1n) is 9.49. The van der Waals surface area contributed by atoms with E-state index in [0.29, 0.717) is 24.1 Å². The highest BCUT2D eigenvalue weighted by Gasteiger charge is 2.31. The third kappa shape index (κ3) is 3.42. The van der Waals surface area contributed by atoms with Crippen molar-refractivity contribution in [3.8, 4) is 22.6 Å². The van der Waals surface area contributed by atoms with E-state index < -0.39 is 0 Å². The number of ketones is 1. The Labute approximate surface area is 169 Å². The minimum atomic E-state index is 0.00621. The number of fused-ring (bicyclic) bond motifs is 1. The number of Topliss-reactive ketones (excluding diaryl/α,β-unsaturated/α-hetero) is 1. The van der Waals surface area contributed by atoms with Crippen molar-refractivity contribution in [1.29, 1.82) is 0 Å².